The van der Waals surface area contributed by atoms with Gasteiger partial charge in [0.1, 0.15) is 5.60 Å². The minimum Gasteiger partial charge on any atom is -0.440 e. The lowest BCUT2D eigenvalue weighted by Crippen LogP contribution is -2.50. The standard InChI is InChI=1S/C17H20N4O3/c1-20-11-17(23-16(20)22)8-5-9-21(12-17)10-14-18-15(24-19-14)13-6-3-2-4-7-13/h2-4,6-7H,5,8-12H2,1H3/t17-/m1/s1. The van der Waals surface area contributed by atoms with E-state index in [1.807, 2.05) is 30.3 Å². The van der Waals surface area contributed by atoms with Crippen molar-refractivity contribution in [1.29, 1.82) is 0 Å². The van der Waals surface area contributed by atoms with E-state index in [4.69, 9.17) is 9.26 Å². The molecule has 0 aliphatic carbocycles. The monoisotopic (exact) mass is 328 g/mol. The van der Waals surface area contributed by atoms with Gasteiger partial charge in [0.15, 0.2) is 5.82 Å². The van der Waals surface area contributed by atoms with Crippen molar-refractivity contribution in [2.24, 2.45) is 0 Å². The van der Waals surface area contributed by atoms with Crippen LogP contribution in [0.3, 0.4) is 0 Å². The first-order valence-corrected chi connectivity index (χ1v) is 8.18. The molecule has 0 bridgehead atoms. The molecule has 2 aliphatic rings. The zero-order chi connectivity index (χ0) is 16.6. The minimum absolute atomic E-state index is 0.234. The van der Waals surface area contributed by atoms with Crippen LogP contribution in [0.25, 0.3) is 11.5 Å². The molecular weight excluding hydrogens is 308 g/mol. The highest BCUT2D eigenvalue weighted by molar-refractivity contribution is 5.70. The number of likely N-dealkylation sites (tertiary alicyclic amines) is 1. The van der Waals surface area contributed by atoms with E-state index in [1.165, 1.54) is 0 Å². The van der Waals surface area contributed by atoms with Crippen molar-refractivity contribution in [2.75, 3.05) is 26.7 Å². The number of piperidine rings is 1. The Kier molecular flexibility index (Phi) is 3.72. The number of carbonyl (C=O) groups excluding carboxylic acids is 1. The summed E-state index contributed by atoms with van der Waals surface area (Å²) in [6.07, 6.45) is 1.66. The summed E-state index contributed by atoms with van der Waals surface area (Å²) >= 11 is 0. The van der Waals surface area contributed by atoms with Crippen LogP contribution < -0.4 is 0 Å². The lowest BCUT2D eigenvalue weighted by Gasteiger charge is -2.37. The number of nitrogens with zero attached hydrogens (tertiary/aromatic N) is 4. The van der Waals surface area contributed by atoms with Gasteiger partial charge in [0.2, 0.25) is 0 Å². The number of hydrogen-bond acceptors (Lipinski definition) is 6. The molecule has 24 heavy (non-hydrogen) atoms. The van der Waals surface area contributed by atoms with Gasteiger partial charge in [-0.05, 0) is 31.5 Å². The Balaban J connectivity index is 1.44. The van der Waals surface area contributed by atoms with E-state index in [9.17, 15) is 4.79 Å². The Bertz CT molecular complexity index is 732. The average molecular weight is 328 g/mol. The summed E-state index contributed by atoms with van der Waals surface area (Å²) in [5.41, 5.74) is 0.522. The van der Waals surface area contributed by atoms with Crippen molar-refractivity contribution >= 4 is 6.09 Å². The van der Waals surface area contributed by atoms with Crippen LogP contribution in [-0.4, -0.2) is 58.3 Å². The molecule has 1 aromatic heterocycles. The van der Waals surface area contributed by atoms with E-state index in [2.05, 4.69) is 15.0 Å². The largest absolute Gasteiger partial charge is 0.440 e. The number of benzene rings is 1. The van der Waals surface area contributed by atoms with Gasteiger partial charge in [-0.3, -0.25) is 4.90 Å². The van der Waals surface area contributed by atoms with Crippen LogP contribution in [0.2, 0.25) is 0 Å². The molecule has 7 heteroatoms. The maximum atomic E-state index is 11.7. The van der Waals surface area contributed by atoms with E-state index in [0.29, 0.717) is 31.3 Å². The highest BCUT2D eigenvalue weighted by Gasteiger charge is 2.46. The molecule has 1 amide bonds. The van der Waals surface area contributed by atoms with Crippen molar-refractivity contribution < 1.29 is 14.1 Å². The summed E-state index contributed by atoms with van der Waals surface area (Å²) < 4.78 is 11.0. The van der Waals surface area contributed by atoms with Crippen LogP contribution >= 0.6 is 0 Å². The Morgan fingerprint density at radius 1 is 1.25 bits per heavy atom. The highest BCUT2D eigenvalue weighted by Crippen LogP contribution is 2.31. The topological polar surface area (TPSA) is 71.7 Å². The first-order valence-electron chi connectivity index (χ1n) is 8.18. The molecule has 2 saturated heterocycles. The predicted octanol–water partition coefficient (Wildman–Crippen LogP) is 2.15. The second-order valence-corrected chi connectivity index (χ2v) is 6.60. The molecule has 0 saturated carbocycles. The fourth-order valence-corrected chi connectivity index (χ4v) is 3.55. The van der Waals surface area contributed by atoms with E-state index in [1.54, 1.807) is 11.9 Å². The summed E-state index contributed by atoms with van der Waals surface area (Å²) in [5, 5.41) is 4.09. The van der Waals surface area contributed by atoms with Crippen molar-refractivity contribution in [3.05, 3.63) is 36.2 Å². The fraction of sp³-hybridized carbons (Fsp3) is 0.471. The molecule has 0 radical (unpaired) electrons. The number of hydrogen-bond donors (Lipinski definition) is 0. The number of rotatable bonds is 3. The quantitative estimate of drug-likeness (QED) is 0.860. The fourth-order valence-electron chi connectivity index (χ4n) is 3.55. The van der Waals surface area contributed by atoms with Crippen LogP contribution in [0, 0.1) is 0 Å². The van der Waals surface area contributed by atoms with Gasteiger partial charge >= 0.3 is 6.09 Å². The van der Waals surface area contributed by atoms with E-state index >= 15 is 0 Å². The molecule has 2 fully saturated rings. The Labute approximate surface area is 140 Å². The molecule has 4 rings (SSSR count). The molecule has 1 aromatic carbocycles. The smallest absolute Gasteiger partial charge is 0.410 e. The zero-order valence-electron chi connectivity index (χ0n) is 13.6. The molecule has 7 nitrogen and oxygen atoms in total. The van der Waals surface area contributed by atoms with Gasteiger partial charge in [0.05, 0.1) is 13.1 Å². The molecule has 3 heterocycles. The third kappa shape index (κ3) is 2.87. The summed E-state index contributed by atoms with van der Waals surface area (Å²) in [6.45, 7) is 2.89. The summed E-state index contributed by atoms with van der Waals surface area (Å²) in [5.74, 6) is 1.19. The van der Waals surface area contributed by atoms with Gasteiger partial charge in [-0.25, -0.2) is 4.79 Å². The van der Waals surface area contributed by atoms with Crippen molar-refractivity contribution in [3.63, 3.8) is 0 Å². The summed E-state index contributed by atoms with van der Waals surface area (Å²) in [4.78, 5) is 20.1. The van der Waals surface area contributed by atoms with Crippen LogP contribution in [-0.2, 0) is 11.3 Å². The summed E-state index contributed by atoms with van der Waals surface area (Å²) in [6, 6.07) is 9.73. The van der Waals surface area contributed by atoms with Gasteiger partial charge in [0.25, 0.3) is 5.89 Å². The molecule has 2 aliphatic heterocycles. The number of carbonyl (C=O) groups is 1. The maximum absolute atomic E-state index is 11.7. The Morgan fingerprint density at radius 2 is 2.08 bits per heavy atom. The van der Waals surface area contributed by atoms with Crippen LogP contribution in [0.1, 0.15) is 18.7 Å². The molecule has 0 unspecified atom stereocenters. The van der Waals surface area contributed by atoms with Crippen molar-refractivity contribution in [2.45, 2.75) is 25.0 Å². The first kappa shape index (κ1) is 15.1. The number of amides is 1. The number of aromatic nitrogens is 2. The summed E-state index contributed by atoms with van der Waals surface area (Å²) in [7, 11) is 1.78. The van der Waals surface area contributed by atoms with Gasteiger partial charge in [-0.2, -0.15) is 4.98 Å². The van der Waals surface area contributed by atoms with E-state index in [-0.39, 0.29) is 6.09 Å². The average Bonchev–Trinajstić information content (AvgIpc) is 3.14. The third-order valence-electron chi connectivity index (χ3n) is 4.61. The van der Waals surface area contributed by atoms with Crippen molar-refractivity contribution in [1.82, 2.24) is 19.9 Å². The third-order valence-corrected chi connectivity index (χ3v) is 4.61. The minimum atomic E-state index is -0.393. The molecule has 0 N–H and O–H groups in total. The SMILES string of the molecule is CN1C[C@@]2(CCCN(Cc3noc(-c4ccccc4)n3)C2)OC1=O. The number of ether oxygens (including phenoxy) is 1. The normalized spacial score (nSPS) is 24.5. The van der Waals surface area contributed by atoms with Gasteiger partial charge < -0.3 is 14.2 Å². The Morgan fingerprint density at radius 3 is 2.83 bits per heavy atom. The molecule has 126 valence electrons. The zero-order valence-corrected chi connectivity index (χ0v) is 13.6. The maximum Gasteiger partial charge on any atom is 0.410 e. The van der Waals surface area contributed by atoms with Crippen LogP contribution in [0.15, 0.2) is 34.9 Å². The lowest BCUT2D eigenvalue weighted by molar-refractivity contribution is -0.0122. The first-order chi connectivity index (χ1) is 11.6. The highest BCUT2D eigenvalue weighted by atomic mass is 16.6. The van der Waals surface area contributed by atoms with E-state index in [0.717, 1.165) is 24.9 Å². The lowest BCUT2D eigenvalue weighted by atomic mass is 9.93. The second kappa shape index (κ2) is 5.90. The van der Waals surface area contributed by atoms with Gasteiger partial charge in [0, 0.05) is 19.2 Å². The Hall–Kier alpha value is -2.41. The van der Waals surface area contributed by atoms with Gasteiger partial charge in [-0.15, -0.1) is 0 Å². The van der Waals surface area contributed by atoms with Crippen LogP contribution in [0.5, 0.6) is 0 Å². The molecular formula is C17H20N4O3. The number of likely N-dealkylation sites (N-methyl/N-ethyl adjacent to an activating group) is 1. The van der Waals surface area contributed by atoms with E-state index < -0.39 is 5.60 Å². The molecule has 2 aromatic rings. The van der Waals surface area contributed by atoms with Crippen LogP contribution in [0.4, 0.5) is 4.79 Å². The molecule has 1 atom stereocenters. The van der Waals surface area contributed by atoms with Gasteiger partial charge in [-0.1, -0.05) is 23.4 Å². The van der Waals surface area contributed by atoms with Crippen molar-refractivity contribution in [3.8, 4) is 11.5 Å². The molecule has 1 spiro atoms. The second-order valence-electron chi connectivity index (χ2n) is 6.60. The predicted molar refractivity (Wildman–Crippen MR) is 86.1 cm³/mol.